The van der Waals surface area contributed by atoms with Gasteiger partial charge in [0.1, 0.15) is 0 Å². The minimum absolute atomic E-state index is 0.218. The summed E-state index contributed by atoms with van der Waals surface area (Å²) < 4.78 is 0. The van der Waals surface area contributed by atoms with Crippen LogP contribution >= 0.6 is 0 Å². The third kappa shape index (κ3) is 5.34. The zero-order valence-corrected chi connectivity index (χ0v) is 6.64. The maximum Gasteiger partial charge on any atom is 0.209 e. The van der Waals surface area contributed by atoms with E-state index >= 15 is 0 Å². The standard InChI is InChI=1S/C7H15NO/c1-7(2,3)5-8(4)6-9/h6H,5H2,1-4H3. The van der Waals surface area contributed by atoms with Crippen molar-refractivity contribution in [2.24, 2.45) is 5.41 Å². The fourth-order valence-electron chi connectivity index (χ4n) is 0.785. The van der Waals surface area contributed by atoms with E-state index in [1.165, 1.54) is 0 Å². The van der Waals surface area contributed by atoms with Crippen LogP contribution in [0.5, 0.6) is 0 Å². The summed E-state index contributed by atoms with van der Waals surface area (Å²) in [6.07, 6.45) is 0.852. The molecule has 2 heteroatoms. The first kappa shape index (κ1) is 8.47. The summed E-state index contributed by atoms with van der Waals surface area (Å²) in [5.41, 5.74) is 0.218. The SMILES string of the molecule is CN(C=O)CC(C)(C)C. The summed E-state index contributed by atoms with van der Waals surface area (Å²) >= 11 is 0. The van der Waals surface area contributed by atoms with E-state index in [9.17, 15) is 4.79 Å². The van der Waals surface area contributed by atoms with Gasteiger partial charge in [-0.1, -0.05) is 20.8 Å². The fraction of sp³-hybridized carbons (Fsp3) is 0.857. The lowest BCUT2D eigenvalue weighted by Gasteiger charge is -2.22. The third-order valence-corrected chi connectivity index (χ3v) is 0.904. The van der Waals surface area contributed by atoms with Gasteiger partial charge in [-0.3, -0.25) is 4.79 Å². The molecule has 0 atom stereocenters. The number of rotatable bonds is 2. The molecule has 0 aromatic heterocycles. The van der Waals surface area contributed by atoms with Crippen molar-refractivity contribution in [3.63, 3.8) is 0 Å². The van der Waals surface area contributed by atoms with Gasteiger partial charge in [0.05, 0.1) is 0 Å². The summed E-state index contributed by atoms with van der Waals surface area (Å²) in [4.78, 5) is 11.8. The molecule has 0 rings (SSSR count). The molecule has 1 amide bonds. The Hall–Kier alpha value is -0.530. The zero-order chi connectivity index (χ0) is 7.49. The van der Waals surface area contributed by atoms with Crippen molar-refractivity contribution < 1.29 is 4.79 Å². The molecule has 0 aliphatic carbocycles. The van der Waals surface area contributed by atoms with Crippen molar-refractivity contribution in [1.82, 2.24) is 4.90 Å². The summed E-state index contributed by atoms with van der Waals surface area (Å²) in [6, 6.07) is 0. The van der Waals surface area contributed by atoms with Crippen LogP contribution in [0.3, 0.4) is 0 Å². The van der Waals surface area contributed by atoms with Crippen LogP contribution in [0.25, 0.3) is 0 Å². The minimum Gasteiger partial charge on any atom is -0.348 e. The Kier molecular flexibility index (Phi) is 2.68. The van der Waals surface area contributed by atoms with Gasteiger partial charge in [-0.05, 0) is 5.41 Å². The Balaban J connectivity index is 3.59. The molecular formula is C7H15NO. The molecule has 2 nitrogen and oxygen atoms in total. The maximum atomic E-state index is 10.1. The molecule has 0 fully saturated rings. The molecule has 54 valence electrons. The molecule has 0 spiro atoms. The van der Waals surface area contributed by atoms with Gasteiger partial charge in [-0.25, -0.2) is 0 Å². The molecule has 0 aromatic rings. The average molecular weight is 129 g/mol. The van der Waals surface area contributed by atoms with Crippen LogP contribution in [0.4, 0.5) is 0 Å². The quantitative estimate of drug-likeness (QED) is 0.512. The molecular weight excluding hydrogens is 114 g/mol. The van der Waals surface area contributed by atoms with Crippen LogP contribution in [0.2, 0.25) is 0 Å². The Morgan fingerprint density at radius 3 is 2.00 bits per heavy atom. The first-order valence-corrected chi connectivity index (χ1v) is 3.11. The predicted molar refractivity (Wildman–Crippen MR) is 38.1 cm³/mol. The van der Waals surface area contributed by atoms with E-state index in [4.69, 9.17) is 0 Å². The number of carbonyl (C=O) groups excluding carboxylic acids is 1. The lowest BCUT2D eigenvalue weighted by molar-refractivity contribution is -0.118. The van der Waals surface area contributed by atoms with Gasteiger partial charge in [0, 0.05) is 13.6 Å². The monoisotopic (exact) mass is 129 g/mol. The highest BCUT2D eigenvalue weighted by atomic mass is 16.1. The topological polar surface area (TPSA) is 20.3 Å². The highest BCUT2D eigenvalue weighted by molar-refractivity contribution is 5.46. The van der Waals surface area contributed by atoms with Gasteiger partial charge < -0.3 is 4.90 Å². The summed E-state index contributed by atoms with van der Waals surface area (Å²) in [7, 11) is 1.79. The molecule has 0 heterocycles. The Labute approximate surface area is 56.9 Å². The molecule has 0 aliphatic heterocycles. The van der Waals surface area contributed by atoms with Crippen LogP contribution in [0.15, 0.2) is 0 Å². The first-order chi connectivity index (χ1) is 3.95. The van der Waals surface area contributed by atoms with Crippen LogP contribution < -0.4 is 0 Å². The van der Waals surface area contributed by atoms with Gasteiger partial charge in [0.15, 0.2) is 0 Å². The van der Waals surface area contributed by atoms with Crippen LogP contribution in [0.1, 0.15) is 20.8 Å². The smallest absolute Gasteiger partial charge is 0.209 e. The first-order valence-electron chi connectivity index (χ1n) is 3.11. The lowest BCUT2D eigenvalue weighted by atomic mass is 9.97. The van der Waals surface area contributed by atoms with E-state index in [-0.39, 0.29) is 5.41 Å². The highest BCUT2D eigenvalue weighted by Gasteiger charge is 2.11. The number of amides is 1. The molecule has 0 aliphatic rings. The normalized spacial score (nSPS) is 11.1. The highest BCUT2D eigenvalue weighted by Crippen LogP contribution is 2.12. The van der Waals surface area contributed by atoms with E-state index in [0.29, 0.717) is 0 Å². The summed E-state index contributed by atoms with van der Waals surface area (Å²) in [6.45, 7) is 7.13. The van der Waals surface area contributed by atoms with Crippen molar-refractivity contribution in [2.45, 2.75) is 20.8 Å². The van der Waals surface area contributed by atoms with E-state index in [0.717, 1.165) is 13.0 Å². The zero-order valence-electron chi connectivity index (χ0n) is 6.64. The number of carbonyl (C=O) groups is 1. The molecule has 0 bridgehead atoms. The number of hydrogen-bond donors (Lipinski definition) is 0. The Bertz CT molecular complexity index is 93.6. The molecule has 9 heavy (non-hydrogen) atoms. The fourth-order valence-corrected chi connectivity index (χ4v) is 0.785. The molecule has 0 unspecified atom stereocenters. The van der Waals surface area contributed by atoms with Crippen LogP contribution in [0, 0.1) is 5.41 Å². The van der Waals surface area contributed by atoms with Crippen LogP contribution in [-0.4, -0.2) is 24.9 Å². The molecule has 0 aromatic carbocycles. The summed E-state index contributed by atoms with van der Waals surface area (Å²) in [5, 5.41) is 0. The van der Waals surface area contributed by atoms with Gasteiger partial charge in [0.2, 0.25) is 6.41 Å². The maximum absolute atomic E-state index is 10.1. The van der Waals surface area contributed by atoms with Crippen molar-refractivity contribution in [3.05, 3.63) is 0 Å². The van der Waals surface area contributed by atoms with E-state index < -0.39 is 0 Å². The predicted octanol–water partition coefficient (Wildman–Crippen LogP) is 1.12. The number of nitrogens with zero attached hydrogens (tertiary/aromatic N) is 1. The average Bonchev–Trinajstić information content (AvgIpc) is 1.62. The lowest BCUT2D eigenvalue weighted by Crippen LogP contribution is -2.27. The van der Waals surface area contributed by atoms with Crippen molar-refractivity contribution in [1.29, 1.82) is 0 Å². The molecule has 0 saturated heterocycles. The van der Waals surface area contributed by atoms with Crippen LogP contribution in [-0.2, 0) is 4.79 Å². The second kappa shape index (κ2) is 2.85. The second-order valence-electron chi connectivity index (χ2n) is 3.58. The van der Waals surface area contributed by atoms with Gasteiger partial charge in [-0.15, -0.1) is 0 Å². The largest absolute Gasteiger partial charge is 0.348 e. The summed E-state index contributed by atoms with van der Waals surface area (Å²) in [5.74, 6) is 0. The second-order valence-corrected chi connectivity index (χ2v) is 3.58. The van der Waals surface area contributed by atoms with Crippen molar-refractivity contribution in [3.8, 4) is 0 Å². The molecule has 0 radical (unpaired) electrons. The Morgan fingerprint density at radius 2 is 1.89 bits per heavy atom. The minimum atomic E-state index is 0.218. The number of hydrogen-bond acceptors (Lipinski definition) is 1. The van der Waals surface area contributed by atoms with Crippen molar-refractivity contribution >= 4 is 6.41 Å². The van der Waals surface area contributed by atoms with Gasteiger partial charge in [-0.2, -0.15) is 0 Å². The van der Waals surface area contributed by atoms with E-state index in [1.807, 2.05) is 0 Å². The van der Waals surface area contributed by atoms with Crippen molar-refractivity contribution in [2.75, 3.05) is 13.6 Å². The third-order valence-electron chi connectivity index (χ3n) is 0.904. The Morgan fingerprint density at radius 1 is 1.44 bits per heavy atom. The van der Waals surface area contributed by atoms with E-state index in [2.05, 4.69) is 20.8 Å². The molecule has 0 N–H and O–H groups in total. The van der Waals surface area contributed by atoms with Gasteiger partial charge >= 0.3 is 0 Å². The van der Waals surface area contributed by atoms with E-state index in [1.54, 1.807) is 11.9 Å². The molecule has 0 saturated carbocycles. The van der Waals surface area contributed by atoms with Gasteiger partial charge in [0.25, 0.3) is 0 Å².